The monoisotopic (exact) mass is 288 g/mol. The molecule has 0 atom stereocenters. The molecule has 0 N–H and O–H groups in total. The van der Waals surface area contributed by atoms with Crippen molar-refractivity contribution in [3.63, 3.8) is 0 Å². The second-order valence-corrected chi connectivity index (χ2v) is 5.17. The zero-order chi connectivity index (χ0) is 14.1. The molecule has 0 spiro atoms. The van der Waals surface area contributed by atoms with Gasteiger partial charge in [0.15, 0.2) is 22.4 Å². The van der Waals surface area contributed by atoms with Crippen LogP contribution < -0.4 is 4.74 Å². The summed E-state index contributed by atoms with van der Waals surface area (Å²) >= 11 is 1.48. The van der Waals surface area contributed by atoms with Crippen LogP contribution in [-0.4, -0.2) is 36.2 Å². The topological polar surface area (TPSA) is 75.7 Å². The lowest BCUT2D eigenvalue weighted by Gasteiger charge is -2.10. The molecule has 7 heteroatoms. The molecular weight excluding hydrogens is 276 g/mol. The van der Waals surface area contributed by atoms with Crippen LogP contribution in [0.2, 0.25) is 0 Å². The molecule has 0 unspecified atom stereocenters. The molecule has 1 amide bonds. The third-order valence-corrected chi connectivity index (χ3v) is 3.81. The number of amidine groups is 2. The first-order valence-corrected chi connectivity index (χ1v) is 7.12. The maximum atomic E-state index is 11.9. The Labute approximate surface area is 119 Å². The van der Waals surface area contributed by atoms with E-state index in [2.05, 4.69) is 20.0 Å². The van der Waals surface area contributed by atoms with E-state index < -0.39 is 5.91 Å². The van der Waals surface area contributed by atoms with E-state index in [1.807, 2.05) is 19.2 Å². The van der Waals surface area contributed by atoms with Crippen molar-refractivity contribution in [3.05, 3.63) is 16.5 Å². The Balaban J connectivity index is 2.01. The van der Waals surface area contributed by atoms with Gasteiger partial charge in [0, 0.05) is 0 Å². The number of carbonyl (C=O) groups is 1. The first-order valence-electron chi connectivity index (χ1n) is 6.24. The van der Waals surface area contributed by atoms with E-state index in [1.165, 1.54) is 17.7 Å². The fourth-order valence-electron chi connectivity index (χ4n) is 1.87. The van der Waals surface area contributed by atoms with E-state index in [-0.39, 0.29) is 5.71 Å². The number of aryl methyl sites for hydroxylation is 1. The Morgan fingerprint density at radius 3 is 2.95 bits per heavy atom. The van der Waals surface area contributed by atoms with Gasteiger partial charge in [-0.3, -0.25) is 4.79 Å². The van der Waals surface area contributed by atoms with E-state index in [0.717, 1.165) is 22.6 Å². The number of amides is 1. The van der Waals surface area contributed by atoms with Crippen LogP contribution in [0.15, 0.2) is 25.3 Å². The highest BCUT2D eigenvalue weighted by Gasteiger charge is 2.28. The lowest BCUT2D eigenvalue weighted by atomic mass is 10.1. The van der Waals surface area contributed by atoms with Gasteiger partial charge in [-0.25, -0.2) is 15.0 Å². The Hall–Kier alpha value is -2.15. The lowest BCUT2D eigenvalue weighted by molar-refractivity contribution is -0.111. The average Bonchev–Trinajstić information content (AvgIpc) is 3.03. The van der Waals surface area contributed by atoms with Crippen molar-refractivity contribution in [2.75, 3.05) is 6.61 Å². The van der Waals surface area contributed by atoms with E-state index in [1.54, 1.807) is 0 Å². The molecule has 0 bridgehead atoms. The molecule has 0 aliphatic carbocycles. The molecule has 3 rings (SSSR count). The first kappa shape index (κ1) is 12.9. The summed E-state index contributed by atoms with van der Waals surface area (Å²) in [6.07, 6.45) is 2.23. The quantitative estimate of drug-likeness (QED) is 0.849. The maximum absolute atomic E-state index is 11.9. The highest BCUT2D eigenvalue weighted by Crippen LogP contribution is 2.32. The van der Waals surface area contributed by atoms with Crippen LogP contribution in [0, 0.1) is 6.92 Å². The van der Waals surface area contributed by atoms with Crippen LogP contribution >= 0.6 is 11.3 Å². The molecule has 0 radical (unpaired) electrons. The first-order chi connectivity index (χ1) is 9.70. The number of nitrogens with zero attached hydrogens (tertiary/aromatic N) is 4. The molecule has 2 aliphatic rings. The van der Waals surface area contributed by atoms with E-state index >= 15 is 0 Å². The minimum absolute atomic E-state index is 0.206. The summed E-state index contributed by atoms with van der Waals surface area (Å²) in [5, 5.41) is 2.71. The van der Waals surface area contributed by atoms with Crippen molar-refractivity contribution < 1.29 is 9.53 Å². The zero-order valence-electron chi connectivity index (χ0n) is 11.1. The van der Waals surface area contributed by atoms with Crippen LogP contribution in [0.4, 0.5) is 0 Å². The van der Waals surface area contributed by atoms with Gasteiger partial charge < -0.3 is 4.74 Å². The minimum Gasteiger partial charge on any atom is -0.483 e. The standard InChI is InChI=1S/C13H12N4O2S/c1-3-4-19-13-8(7(2)5-20-13)10-16-11-9(12(18)17-10)14-6-15-11/h5-6H,3-4H2,1-2H3. The average molecular weight is 288 g/mol. The summed E-state index contributed by atoms with van der Waals surface area (Å²) in [5.74, 6) is 0.273. The fourth-order valence-corrected chi connectivity index (χ4v) is 2.79. The van der Waals surface area contributed by atoms with Gasteiger partial charge in [-0.15, -0.1) is 11.3 Å². The predicted octanol–water partition coefficient (Wildman–Crippen LogP) is 2.01. The molecule has 102 valence electrons. The molecule has 3 heterocycles. The molecule has 0 aromatic carbocycles. The van der Waals surface area contributed by atoms with Crippen molar-refractivity contribution in [1.29, 1.82) is 0 Å². The van der Waals surface area contributed by atoms with Crippen molar-refractivity contribution in [2.24, 2.45) is 20.0 Å². The molecular formula is C13H12N4O2S. The number of hydrogen-bond donors (Lipinski definition) is 0. The highest BCUT2D eigenvalue weighted by atomic mass is 32.1. The summed E-state index contributed by atoms with van der Waals surface area (Å²) < 4.78 is 5.70. The second-order valence-electron chi connectivity index (χ2n) is 4.33. The van der Waals surface area contributed by atoms with Crippen LogP contribution in [0.25, 0.3) is 0 Å². The van der Waals surface area contributed by atoms with Crippen molar-refractivity contribution in [3.8, 4) is 5.06 Å². The Morgan fingerprint density at radius 1 is 1.30 bits per heavy atom. The summed E-state index contributed by atoms with van der Waals surface area (Å²) in [4.78, 5) is 28.0. The zero-order valence-corrected chi connectivity index (χ0v) is 11.9. The highest BCUT2D eigenvalue weighted by molar-refractivity contribution is 7.12. The summed E-state index contributed by atoms with van der Waals surface area (Å²) in [6.45, 7) is 4.60. The van der Waals surface area contributed by atoms with Gasteiger partial charge in [0.25, 0.3) is 0 Å². The lowest BCUT2D eigenvalue weighted by Crippen LogP contribution is -2.26. The second kappa shape index (κ2) is 5.09. The largest absolute Gasteiger partial charge is 0.483 e. The Kier molecular flexibility index (Phi) is 3.27. The number of thiophene rings is 1. The van der Waals surface area contributed by atoms with Crippen LogP contribution in [-0.2, 0) is 4.79 Å². The Morgan fingerprint density at radius 2 is 2.15 bits per heavy atom. The third-order valence-electron chi connectivity index (χ3n) is 2.80. The number of rotatable bonds is 4. The molecule has 0 saturated carbocycles. The molecule has 0 saturated heterocycles. The van der Waals surface area contributed by atoms with E-state index in [9.17, 15) is 4.79 Å². The summed E-state index contributed by atoms with van der Waals surface area (Å²) in [5.41, 5.74) is 1.96. The number of carbonyl (C=O) groups excluding carboxylic acids is 1. The van der Waals surface area contributed by atoms with Gasteiger partial charge in [0.05, 0.1) is 12.2 Å². The van der Waals surface area contributed by atoms with Gasteiger partial charge in [0.1, 0.15) is 6.34 Å². The molecule has 20 heavy (non-hydrogen) atoms. The van der Waals surface area contributed by atoms with E-state index in [4.69, 9.17) is 4.74 Å². The maximum Gasteiger partial charge on any atom is 0.301 e. The van der Waals surface area contributed by atoms with Gasteiger partial charge in [-0.05, 0) is 24.3 Å². The van der Waals surface area contributed by atoms with Crippen molar-refractivity contribution in [1.82, 2.24) is 0 Å². The summed E-state index contributed by atoms with van der Waals surface area (Å²) in [6, 6.07) is 0. The minimum atomic E-state index is -0.408. The number of aliphatic imine (C=N–C) groups is 4. The normalized spacial score (nSPS) is 16.7. The smallest absolute Gasteiger partial charge is 0.301 e. The van der Waals surface area contributed by atoms with Gasteiger partial charge >= 0.3 is 5.91 Å². The Bertz CT molecular complexity index is 697. The van der Waals surface area contributed by atoms with Gasteiger partial charge in [-0.2, -0.15) is 4.99 Å². The molecule has 0 fully saturated rings. The van der Waals surface area contributed by atoms with Crippen molar-refractivity contribution >= 4 is 41.0 Å². The number of fused-ring (bicyclic) bond motifs is 1. The SMILES string of the molecule is CCCOc1scc(C)c1C1=NC(=O)C2=NC=NC2=N1. The van der Waals surface area contributed by atoms with Crippen LogP contribution in [0.1, 0.15) is 24.5 Å². The summed E-state index contributed by atoms with van der Waals surface area (Å²) in [7, 11) is 0. The molecule has 2 aliphatic heterocycles. The van der Waals surface area contributed by atoms with Crippen molar-refractivity contribution in [2.45, 2.75) is 20.3 Å². The number of ether oxygens (including phenoxy) is 1. The van der Waals surface area contributed by atoms with E-state index in [0.29, 0.717) is 18.3 Å². The fraction of sp³-hybridized carbons (Fsp3) is 0.308. The van der Waals surface area contributed by atoms with Crippen LogP contribution in [0.5, 0.6) is 5.06 Å². The molecule has 6 nitrogen and oxygen atoms in total. The van der Waals surface area contributed by atoms with Crippen LogP contribution in [0.3, 0.4) is 0 Å². The van der Waals surface area contributed by atoms with Gasteiger partial charge in [0.2, 0.25) is 0 Å². The number of hydrogen-bond acceptors (Lipinski definition) is 6. The molecule has 1 aromatic rings. The predicted molar refractivity (Wildman–Crippen MR) is 79.7 cm³/mol. The van der Waals surface area contributed by atoms with Gasteiger partial charge in [-0.1, -0.05) is 6.92 Å². The molecule has 1 aromatic heterocycles. The third kappa shape index (κ3) is 2.09.